The molecule has 1 saturated heterocycles. The van der Waals surface area contributed by atoms with Gasteiger partial charge in [-0.25, -0.2) is 0 Å². The van der Waals surface area contributed by atoms with Crippen LogP contribution in [0.25, 0.3) is 0 Å². The van der Waals surface area contributed by atoms with Crippen LogP contribution in [0, 0.1) is 0 Å². The van der Waals surface area contributed by atoms with E-state index in [1.807, 2.05) is 60.8 Å². The Morgan fingerprint density at radius 3 is 1.66 bits per heavy atom. The third-order valence-electron chi connectivity index (χ3n) is 11.9. The highest BCUT2D eigenvalue weighted by Gasteiger charge is 2.47. The van der Waals surface area contributed by atoms with Crippen molar-refractivity contribution in [2.24, 2.45) is 0 Å². The lowest BCUT2D eigenvalue weighted by Crippen LogP contribution is -2.61. The van der Waals surface area contributed by atoms with Crippen LogP contribution in [0.4, 0.5) is 0 Å². The van der Waals surface area contributed by atoms with E-state index in [0.29, 0.717) is 12.8 Å². The maximum atomic E-state index is 13.3. The van der Waals surface area contributed by atoms with Gasteiger partial charge in [-0.05, 0) is 70.6 Å². The van der Waals surface area contributed by atoms with Gasteiger partial charge in [0.15, 0.2) is 12.4 Å². The van der Waals surface area contributed by atoms with Crippen LogP contribution in [0.1, 0.15) is 194 Å². The second kappa shape index (κ2) is 44.1. The summed E-state index contributed by atoms with van der Waals surface area (Å²) in [6, 6.07) is -1.05. The van der Waals surface area contributed by atoms with Crippen molar-refractivity contribution in [1.29, 1.82) is 0 Å². The van der Waals surface area contributed by atoms with Gasteiger partial charge < -0.3 is 45.1 Å². The summed E-state index contributed by atoms with van der Waals surface area (Å²) in [5, 5.41) is 56.5. The molecule has 0 bridgehead atoms. The lowest BCUT2D eigenvalue weighted by atomic mass is 9.99. The standard InChI is InChI=1S/C56H95NO10/c1-4-7-10-13-16-19-22-24-26-28-31-34-37-40-43-49(60)55(64)57-47(48(59)42-39-36-33-30-27-21-18-15-12-9-6-3)46-65-56-54(53(63)52(62)50(45-58)66-56)67-51(61)44-41-38-35-32-29-25-23-20-17-14-11-8-5-2/h7,10,13,16,19,22,24-26,28-29,31,39,42,47-50,52-54,56,58-60,62-63H,4-6,8-9,11-12,14-15,17-18,20-21,23,27,30,32-38,40-41,43-46H2,1-3H3,(H,57,64)/b10-7+,16-13+,22-19-,26-24-,29-25-,31-28+,42-39+. The molecule has 1 heterocycles. The third-order valence-corrected chi connectivity index (χ3v) is 11.9. The van der Waals surface area contributed by atoms with E-state index in [1.165, 1.54) is 77.0 Å². The van der Waals surface area contributed by atoms with Crippen molar-refractivity contribution < 1.29 is 49.3 Å². The zero-order valence-electron chi connectivity index (χ0n) is 42.0. The van der Waals surface area contributed by atoms with Crippen molar-refractivity contribution in [2.75, 3.05) is 13.2 Å². The smallest absolute Gasteiger partial charge is 0.306 e. The van der Waals surface area contributed by atoms with Gasteiger partial charge in [0.1, 0.15) is 24.4 Å². The topological polar surface area (TPSA) is 175 Å². The van der Waals surface area contributed by atoms with Gasteiger partial charge >= 0.3 is 5.97 Å². The molecule has 8 unspecified atom stereocenters. The number of hydrogen-bond acceptors (Lipinski definition) is 10. The van der Waals surface area contributed by atoms with Crippen molar-refractivity contribution in [3.05, 3.63) is 85.1 Å². The van der Waals surface area contributed by atoms with Gasteiger partial charge in [0, 0.05) is 6.42 Å². The number of nitrogens with one attached hydrogen (secondary N) is 1. The fourth-order valence-corrected chi connectivity index (χ4v) is 7.66. The summed E-state index contributed by atoms with van der Waals surface area (Å²) in [6.07, 6.45) is 45.0. The average molecular weight is 942 g/mol. The van der Waals surface area contributed by atoms with Crippen molar-refractivity contribution in [3.8, 4) is 0 Å². The summed E-state index contributed by atoms with van der Waals surface area (Å²) in [4.78, 5) is 26.3. The predicted octanol–water partition coefficient (Wildman–Crippen LogP) is 11.0. The van der Waals surface area contributed by atoms with Gasteiger partial charge in [-0.15, -0.1) is 0 Å². The molecule has 6 N–H and O–H groups in total. The third kappa shape index (κ3) is 33.1. The molecule has 0 radical (unpaired) electrons. The number of ether oxygens (including phenoxy) is 3. The Morgan fingerprint density at radius 1 is 0.597 bits per heavy atom. The molecule has 0 aromatic heterocycles. The fourth-order valence-electron chi connectivity index (χ4n) is 7.66. The highest BCUT2D eigenvalue weighted by atomic mass is 16.7. The summed E-state index contributed by atoms with van der Waals surface area (Å²) in [7, 11) is 0. The molecule has 1 amide bonds. The van der Waals surface area contributed by atoms with Crippen LogP contribution in [-0.4, -0.2) is 99.6 Å². The number of aliphatic hydroxyl groups is 5. The summed E-state index contributed by atoms with van der Waals surface area (Å²) in [5.74, 6) is -1.26. The number of carbonyl (C=O) groups is 2. The first-order chi connectivity index (χ1) is 32.7. The van der Waals surface area contributed by atoms with E-state index in [9.17, 15) is 35.1 Å². The number of esters is 1. The number of amides is 1. The Hall–Kier alpha value is -3.16. The van der Waals surface area contributed by atoms with Crippen LogP contribution in [0.2, 0.25) is 0 Å². The molecular formula is C56H95NO10. The second-order valence-corrected chi connectivity index (χ2v) is 18.0. The molecule has 67 heavy (non-hydrogen) atoms. The zero-order valence-corrected chi connectivity index (χ0v) is 42.0. The number of carbonyl (C=O) groups excluding carboxylic acids is 2. The summed E-state index contributed by atoms with van der Waals surface area (Å²) >= 11 is 0. The molecule has 1 rings (SSSR count). The van der Waals surface area contributed by atoms with E-state index in [4.69, 9.17) is 14.2 Å². The molecule has 0 aromatic rings. The minimum atomic E-state index is -1.63. The first-order valence-electron chi connectivity index (χ1n) is 26.4. The fraction of sp³-hybridized carbons (Fsp3) is 0.714. The van der Waals surface area contributed by atoms with E-state index in [-0.39, 0.29) is 19.4 Å². The SMILES string of the molecule is CC/C=C/C=C/C=C\C=C/C=C/CCCCC(O)C(=O)NC(COC1OC(CO)C(O)C(O)C1OC(=O)CCCCC/C=C\CCCCCCCC)C(O)/C=C/CCCCCCCCCCC. The normalized spacial score (nSPS) is 20.7. The van der Waals surface area contributed by atoms with Crippen LogP contribution in [0.3, 0.4) is 0 Å². The minimum absolute atomic E-state index is 0.0938. The molecule has 11 nitrogen and oxygen atoms in total. The molecule has 0 aromatic carbocycles. The van der Waals surface area contributed by atoms with E-state index in [0.717, 1.165) is 70.6 Å². The van der Waals surface area contributed by atoms with Crippen LogP contribution in [0.5, 0.6) is 0 Å². The Balaban J connectivity index is 2.83. The Labute approximate surface area is 406 Å². The van der Waals surface area contributed by atoms with Gasteiger partial charge in [-0.3, -0.25) is 9.59 Å². The van der Waals surface area contributed by atoms with Crippen LogP contribution in [0.15, 0.2) is 85.1 Å². The first-order valence-corrected chi connectivity index (χ1v) is 26.4. The molecule has 1 aliphatic rings. The Kier molecular flexibility index (Phi) is 40.7. The summed E-state index contributed by atoms with van der Waals surface area (Å²) in [6.45, 7) is 5.55. The van der Waals surface area contributed by atoms with Gasteiger partial charge in [-0.1, -0.05) is 202 Å². The molecule has 384 valence electrons. The van der Waals surface area contributed by atoms with Crippen molar-refractivity contribution in [3.63, 3.8) is 0 Å². The van der Waals surface area contributed by atoms with E-state index in [1.54, 1.807) is 6.08 Å². The van der Waals surface area contributed by atoms with Crippen LogP contribution in [-0.2, 0) is 23.8 Å². The second-order valence-electron chi connectivity index (χ2n) is 18.0. The highest BCUT2D eigenvalue weighted by Crippen LogP contribution is 2.26. The maximum Gasteiger partial charge on any atom is 0.306 e. The first kappa shape index (κ1) is 61.9. The van der Waals surface area contributed by atoms with E-state index in [2.05, 4.69) is 44.3 Å². The zero-order chi connectivity index (χ0) is 49.0. The van der Waals surface area contributed by atoms with Crippen molar-refractivity contribution in [2.45, 2.75) is 243 Å². The van der Waals surface area contributed by atoms with Crippen LogP contribution < -0.4 is 5.32 Å². The number of aliphatic hydroxyl groups excluding tert-OH is 5. The Morgan fingerprint density at radius 2 is 1.09 bits per heavy atom. The highest BCUT2D eigenvalue weighted by molar-refractivity contribution is 5.80. The molecule has 0 aliphatic carbocycles. The van der Waals surface area contributed by atoms with Gasteiger partial charge in [-0.2, -0.15) is 0 Å². The number of allylic oxidation sites excluding steroid dienone is 13. The largest absolute Gasteiger partial charge is 0.454 e. The Bertz CT molecular complexity index is 1410. The van der Waals surface area contributed by atoms with E-state index < -0.39 is 67.4 Å². The lowest BCUT2D eigenvalue weighted by molar-refractivity contribution is -0.305. The van der Waals surface area contributed by atoms with Crippen molar-refractivity contribution in [1.82, 2.24) is 5.32 Å². The summed E-state index contributed by atoms with van der Waals surface area (Å²) in [5.41, 5.74) is 0. The summed E-state index contributed by atoms with van der Waals surface area (Å²) < 4.78 is 17.5. The maximum absolute atomic E-state index is 13.3. The lowest BCUT2D eigenvalue weighted by Gasteiger charge is -2.41. The molecule has 1 fully saturated rings. The molecule has 11 heteroatoms. The minimum Gasteiger partial charge on any atom is -0.454 e. The molecular weight excluding hydrogens is 847 g/mol. The van der Waals surface area contributed by atoms with Gasteiger partial charge in [0.05, 0.1) is 25.4 Å². The van der Waals surface area contributed by atoms with E-state index >= 15 is 0 Å². The molecule has 1 aliphatic heterocycles. The molecule has 8 atom stereocenters. The molecule has 0 saturated carbocycles. The number of unbranched alkanes of at least 4 members (excludes halogenated alkanes) is 20. The van der Waals surface area contributed by atoms with Crippen LogP contribution >= 0.6 is 0 Å². The van der Waals surface area contributed by atoms with Crippen molar-refractivity contribution >= 4 is 11.9 Å². The number of hydrogen-bond donors (Lipinski definition) is 6. The van der Waals surface area contributed by atoms with Gasteiger partial charge in [0.2, 0.25) is 5.91 Å². The predicted molar refractivity (Wildman–Crippen MR) is 273 cm³/mol. The number of rotatable bonds is 42. The average Bonchev–Trinajstić information content (AvgIpc) is 3.32. The van der Waals surface area contributed by atoms with Gasteiger partial charge in [0.25, 0.3) is 0 Å². The monoisotopic (exact) mass is 942 g/mol. The molecule has 0 spiro atoms. The quantitative estimate of drug-likeness (QED) is 0.0150.